The maximum Gasteiger partial charge on any atom is 0.333 e. The van der Waals surface area contributed by atoms with Gasteiger partial charge >= 0.3 is 5.97 Å². The number of esters is 1. The summed E-state index contributed by atoms with van der Waals surface area (Å²) < 4.78 is 4.70. The van der Waals surface area contributed by atoms with E-state index in [1.165, 1.54) is 25.4 Å². The Hall–Kier alpha value is -2.05. The van der Waals surface area contributed by atoms with E-state index >= 15 is 0 Å². The number of methoxy groups -OCH3 is 1. The van der Waals surface area contributed by atoms with Crippen molar-refractivity contribution in [3.05, 3.63) is 51.8 Å². The van der Waals surface area contributed by atoms with Crippen molar-refractivity contribution in [1.29, 1.82) is 0 Å². The largest absolute Gasteiger partial charge is 0.467 e. The molecule has 2 rings (SSSR count). The fourth-order valence-electron chi connectivity index (χ4n) is 1.71. The van der Waals surface area contributed by atoms with Crippen molar-refractivity contribution < 1.29 is 14.3 Å². The Labute approximate surface area is 130 Å². The summed E-state index contributed by atoms with van der Waals surface area (Å²) in [5, 5.41) is 9.39. The van der Waals surface area contributed by atoms with Crippen LogP contribution in [0.25, 0.3) is 0 Å². The van der Waals surface area contributed by atoms with E-state index in [1.807, 2.05) is 0 Å². The molecule has 8 heteroatoms. The molecule has 0 aliphatic rings. The number of carbonyl (C=O) groups excluding carboxylic acids is 2. The number of ether oxygens (including phenoxy) is 1. The van der Waals surface area contributed by atoms with E-state index in [9.17, 15) is 9.59 Å². The summed E-state index contributed by atoms with van der Waals surface area (Å²) >= 11 is 11.9. The third kappa shape index (κ3) is 3.53. The van der Waals surface area contributed by atoms with Gasteiger partial charge in [-0.1, -0.05) is 29.3 Å². The third-order valence-corrected chi connectivity index (χ3v) is 3.29. The van der Waals surface area contributed by atoms with Crippen LogP contribution in [-0.4, -0.2) is 29.2 Å². The summed E-state index contributed by atoms with van der Waals surface area (Å²) in [4.78, 5) is 23.9. The second kappa shape index (κ2) is 6.60. The molecule has 1 aromatic carbocycles. The minimum atomic E-state index is -1.05. The molecule has 0 fully saturated rings. The Morgan fingerprint density at radius 1 is 1.33 bits per heavy atom. The first-order chi connectivity index (χ1) is 10.0. The number of hydrogen-bond acceptors (Lipinski definition) is 4. The van der Waals surface area contributed by atoms with Crippen molar-refractivity contribution in [2.45, 2.75) is 6.04 Å². The van der Waals surface area contributed by atoms with Gasteiger partial charge in [-0.25, -0.2) is 4.79 Å². The number of rotatable bonds is 4. The number of aromatic amines is 1. The van der Waals surface area contributed by atoms with Gasteiger partial charge in [-0.05, 0) is 18.2 Å². The summed E-state index contributed by atoms with van der Waals surface area (Å²) in [5.74, 6) is -1.15. The molecule has 21 heavy (non-hydrogen) atoms. The van der Waals surface area contributed by atoms with Gasteiger partial charge in [-0.2, -0.15) is 5.10 Å². The molecule has 2 aromatic rings. The topological polar surface area (TPSA) is 84.1 Å². The lowest BCUT2D eigenvalue weighted by molar-refractivity contribution is -0.143. The van der Waals surface area contributed by atoms with E-state index in [0.717, 1.165) is 0 Å². The standard InChI is InChI=1S/C13H11Cl2N3O3/c1-21-13(20)11(8-3-2-7(14)6-9(8)15)17-12(19)10-4-5-16-18-10/h2-6,11H,1H3,(H,16,18)(H,17,19). The first-order valence-corrected chi connectivity index (χ1v) is 6.61. The Bertz CT molecular complexity index is 659. The predicted octanol–water partition coefficient (Wildman–Crippen LogP) is 2.36. The molecular formula is C13H11Cl2N3O3. The highest BCUT2D eigenvalue weighted by molar-refractivity contribution is 6.35. The van der Waals surface area contributed by atoms with Crippen LogP contribution in [0.15, 0.2) is 30.5 Å². The van der Waals surface area contributed by atoms with Crippen molar-refractivity contribution in [3.63, 3.8) is 0 Å². The van der Waals surface area contributed by atoms with Crippen LogP contribution in [0.4, 0.5) is 0 Å². The minimum Gasteiger partial charge on any atom is -0.467 e. The van der Waals surface area contributed by atoms with E-state index in [1.54, 1.807) is 12.1 Å². The maximum absolute atomic E-state index is 12.0. The highest BCUT2D eigenvalue weighted by atomic mass is 35.5. The summed E-state index contributed by atoms with van der Waals surface area (Å²) in [6.45, 7) is 0. The molecule has 0 saturated heterocycles. The van der Waals surface area contributed by atoms with Crippen molar-refractivity contribution in [2.24, 2.45) is 0 Å². The SMILES string of the molecule is COC(=O)C(NC(=O)c1ccn[nH]1)c1ccc(Cl)cc1Cl. The minimum absolute atomic E-state index is 0.217. The van der Waals surface area contributed by atoms with Gasteiger partial charge in [0, 0.05) is 21.8 Å². The summed E-state index contributed by atoms with van der Waals surface area (Å²) in [6.07, 6.45) is 1.43. The van der Waals surface area contributed by atoms with Crippen molar-refractivity contribution in [1.82, 2.24) is 15.5 Å². The zero-order chi connectivity index (χ0) is 15.4. The first-order valence-electron chi connectivity index (χ1n) is 5.86. The summed E-state index contributed by atoms with van der Waals surface area (Å²) in [6, 6.07) is 5.04. The Morgan fingerprint density at radius 2 is 2.10 bits per heavy atom. The maximum atomic E-state index is 12.0. The van der Waals surface area contributed by atoms with Gasteiger partial charge in [-0.3, -0.25) is 9.89 Å². The predicted molar refractivity (Wildman–Crippen MR) is 77.3 cm³/mol. The number of carbonyl (C=O) groups is 2. The van der Waals surface area contributed by atoms with Crippen LogP contribution in [0.2, 0.25) is 10.0 Å². The lowest BCUT2D eigenvalue weighted by atomic mass is 10.1. The fourth-order valence-corrected chi connectivity index (χ4v) is 2.23. The van der Waals surface area contributed by atoms with Crippen LogP contribution in [-0.2, 0) is 9.53 Å². The number of hydrogen-bond donors (Lipinski definition) is 2. The molecule has 0 bridgehead atoms. The monoisotopic (exact) mass is 327 g/mol. The molecule has 6 nitrogen and oxygen atoms in total. The average molecular weight is 328 g/mol. The van der Waals surface area contributed by atoms with Gasteiger partial charge in [0.1, 0.15) is 5.69 Å². The van der Waals surface area contributed by atoms with E-state index in [2.05, 4.69) is 15.5 Å². The Balaban J connectivity index is 2.30. The molecule has 0 radical (unpaired) electrons. The van der Waals surface area contributed by atoms with Gasteiger partial charge in [0.25, 0.3) is 5.91 Å². The van der Waals surface area contributed by atoms with Crippen molar-refractivity contribution in [2.75, 3.05) is 7.11 Å². The smallest absolute Gasteiger partial charge is 0.333 e. The lowest BCUT2D eigenvalue weighted by Gasteiger charge is -2.17. The molecule has 1 unspecified atom stereocenters. The molecule has 1 aromatic heterocycles. The number of nitrogens with zero attached hydrogens (tertiary/aromatic N) is 1. The average Bonchev–Trinajstić information content (AvgIpc) is 2.98. The van der Waals surface area contributed by atoms with E-state index in [-0.39, 0.29) is 10.7 Å². The number of halogens is 2. The second-order valence-corrected chi connectivity index (χ2v) is 4.91. The molecule has 0 spiro atoms. The van der Waals surface area contributed by atoms with Crippen LogP contribution in [0.3, 0.4) is 0 Å². The Morgan fingerprint density at radius 3 is 2.67 bits per heavy atom. The highest BCUT2D eigenvalue weighted by Crippen LogP contribution is 2.27. The summed E-state index contributed by atoms with van der Waals surface area (Å²) in [5.41, 5.74) is 0.606. The fraction of sp³-hybridized carbons (Fsp3) is 0.154. The van der Waals surface area contributed by atoms with E-state index in [0.29, 0.717) is 10.6 Å². The third-order valence-electron chi connectivity index (χ3n) is 2.73. The van der Waals surface area contributed by atoms with E-state index in [4.69, 9.17) is 27.9 Å². The molecule has 110 valence electrons. The molecule has 1 heterocycles. The number of nitrogens with one attached hydrogen (secondary N) is 2. The number of H-pyrrole nitrogens is 1. The number of benzene rings is 1. The zero-order valence-corrected chi connectivity index (χ0v) is 12.4. The van der Waals surface area contributed by atoms with E-state index < -0.39 is 17.9 Å². The zero-order valence-electron chi connectivity index (χ0n) is 10.9. The number of amides is 1. The van der Waals surface area contributed by atoms with Gasteiger partial charge in [0.05, 0.1) is 7.11 Å². The molecular weight excluding hydrogens is 317 g/mol. The second-order valence-electron chi connectivity index (χ2n) is 4.07. The molecule has 1 amide bonds. The molecule has 2 N–H and O–H groups in total. The molecule has 0 aliphatic carbocycles. The first kappa shape index (κ1) is 15.3. The van der Waals surface area contributed by atoms with Gasteiger partial charge in [-0.15, -0.1) is 0 Å². The van der Waals surface area contributed by atoms with Crippen LogP contribution in [0.5, 0.6) is 0 Å². The van der Waals surface area contributed by atoms with Crippen LogP contribution in [0.1, 0.15) is 22.1 Å². The lowest BCUT2D eigenvalue weighted by Crippen LogP contribution is -2.35. The van der Waals surface area contributed by atoms with Crippen LogP contribution >= 0.6 is 23.2 Å². The molecule has 0 saturated carbocycles. The quantitative estimate of drug-likeness (QED) is 0.844. The van der Waals surface area contributed by atoms with Crippen molar-refractivity contribution in [3.8, 4) is 0 Å². The van der Waals surface area contributed by atoms with Gasteiger partial charge < -0.3 is 10.1 Å². The van der Waals surface area contributed by atoms with Gasteiger partial charge in [0.15, 0.2) is 6.04 Å². The summed E-state index contributed by atoms with van der Waals surface area (Å²) in [7, 11) is 1.22. The van der Waals surface area contributed by atoms with Crippen LogP contribution in [0, 0.1) is 0 Å². The molecule has 0 aliphatic heterocycles. The van der Waals surface area contributed by atoms with Crippen molar-refractivity contribution >= 4 is 35.1 Å². The number of aromatic nitrogens is 2. The van der Waals surface area contributed by atoms with Crippen LogP contribution < -0.4 is 5.32 Å². The van der Waals surface area contributed by atoms with Gasteiger partial charge in [0.2, 0.25) is 0 Å². The highest BCUT2D eigenvalue weighted by Gasteiger charge is 2.26. The molecule has 1 atom stereocenters. The Kier molecular flexibility index (Phi) is 4.82. The normalized spacial score (nSPS) is 11.8.